The zero-order chi connectivity index (χ0) is 16.2. The molecule has 5 heteroatoms. The fourth-order valence-corrected chi connectivity index (χ4v) is 2.46. The second-order valence-electron chi connectivity index (χ2n) is 5.59. The molecule has 120 valence electrons. The summed E-state index contributed by atoms with van der Waals surface area (Å²) in [5.74, 6) is 1.47. The fourth-order valence-electron chi connectivity index (χ4n) is 2.46. The molecule has 0 spiro atoms. The number of hydrogen-bond acceptors (Lipinski definition) is 4. The molecule has 0 aliphatic rings. The van der Waals surface area contributed by atoms with E-state index in [9.17, 15) is 4.79 Å². The van der Waals surface area contributed by atoms with Crippen LogP contribution in [0, 0.1) is 0 Å². The van der Waals surface area contributed by atoms with Crippen LogP contribution in [0.4, 0.5) is 0 Å². The molecule has 1 aromatic carbocycles. The van der Waals surface area contributed by atoms with E-state index in [1.165, 1.54) is 0 Å². The Morgan fingerprint density at radius 3 is 2.65 bits per heavy atom. The Morgan fingerprint density at radius 2 is 1.91 bits per heavy atom. The van der Waals surface area contributed by atoms with Gasteiger partial charge in [0, 0.05) is 5.39 Å². The minimum Gasteiger partial charge on any atom is -0.468 e. The summed E-state index contributed by atoms with van der Waals surface area (Å²) in [6, 6.07) is 13.3. The number of benzene rings is 1. The van der Waals surface area contributed by atoms with Crippen LogP contribution in [-0.4, -0.2) is 12.5 Å². The third kappa shape index (κ3) is 3.63. The summed E-state index contributed by atoms with van der Waals surface area (Å²) in [5, 5.41) is 7.10. The smallest absolute Gasteiger partial charge is 0.234 e. The van der Waals surface area contributed by atoms with E-state index in [1.54, 1.807) is 6.26 Å². The number of amides is 1. The van der Waals surface area contributed by atoms with Crippen LogP contribution in [0.3, 0.4) is 0 Å². The Morgan fingerprint density at radius 1 is 1.09 bits per heavy atom. The van der Waals surface area contributed by atoms with Gasteiger partial charge in [0.05, 0.1) is 24.9 Å². The normalized spacial score (nSPS) is 13.8. The highest BCUT2D eigenvalue weighted by Crippen LogP contribution is 2.23. The molecule has 0 unspecified atom stereocenters. The van der Waals surface area contributed by atoms with E-state index < -0.39 is 0 Å². The van der Waals surface area contributed by atoms with E-state index in [-0.39, 0.29) is 24.5 Å². The molecule has 2 aromatic heterocycles. The van der Waals surface area contributed by atoms with E-state index in [1.807, 2.05) is 56.3 Å². The van der Waals surface area contributed by atoms with Crippen LogP contribution in [-0.2, 0) is 4.79 Å². The largest absolute Gasteiger partial charge is 0.468 e. The van der Waals surface area contributed by atoms with Crippen LogP contribution in [0.2, 0.25) is 0 Å². The lowest BCUT2D eigenvalue weighted by Gasteiger charge is -2.14. The lowest BCUT2D eigenvalue weighted by molar-refractivity contribution is -0.121. The summed E-state index contributed by atoms with van der Waals surface area (Å²) < 4.78 is 11.1. The molecule has 3 aromatic rings. The van der Waals surface area contributed by atoms with Gasteiger partial charge in [0.1, 0.15) is 17.1 Å². The van der Waals surface area contributed by atoms with Gasteiger partial charge in [0.2, 0.25) is 5.91 Å². The highest BCUT2D eigenvalue weighted by atomic mass is 16.3. The van der Waals surface area contributed by atoms with Gasteiger partial charge in [-0.15, -0.1) is 0 Å². The number of fused-ring (bicyclic) bond motifs is 1. The first-order valence-corrected chi connectivity index (χ1v) is 7.68. The first kappa shape index (κ1) is 15.4. The molecule has 2 heterocycles. The molecule has 0 bridgehead atoms. The maximum atomic E-state index is 12.1. The van der Waals surface area contributed by atoms with Crippen molar-refractivity contribution >= 4 is 16.9 Å². The third-order valence-corrected chi connectivity index (χ3v) is 3.79. The second kappa shape index (κ2) is 6.71. The van der Waals surface area contributed by atoms with Crippen molar-refractivity contribution in [2.24, 2.45) is 0 Å². The molecule has 1 amide bonds. The van der Waals surface area contributed by atoms with Crippen LogP contribution in [0.1, 0.15) is 37.5 Å². The molecule has 0 aliphatic carbocycles. The van der Waals surface area contributed by atoms with E-state index in [0.717, 1.165) is 22.5 Å². The lowest BCUT2D eigenvalue weighted by atomic mass is 10.2. The van der Waals surface area contributed by atoms with Crippen LogP contribution in [0.15, 0.2) is 57.6 Å². The van der Waals surface area contributed by atoms with Crippen molar-refractivity contribution in [3.8, 4) is 0 Å². The Hall–Kier alpha value is -2.53. The van der Waals surface area contributed by atoms with Crippen LogP contribution >= 0.6 is 0 Å². The Balaban J connectivity index is 1.54. The van der Waals surface area contributed by atoms with Crippen molar-refractivity contribution in [3.63, 3.8) is 0 Å². The maximum absolute atomic E-state index is 12.1. The monoisotopic (exact) mass is 312 g/mol. The fraction of sp³-hybridized carbons (Fsp3) is 0.278. The Kier molecular flexibility index (Phi) is 4.48. The van der Waals surface area contributed by atoms with Gasteiger partial charge in [-0.1, -0.05) is 18.2 Å². The van der Waals surface area contributed by atoms with Gasteiger partial charge in [0.25, 0.3) is 0 Å². The van der Waals surface area contributed by atoms with Crippen molar-refractivity contribution in [2.45, 2.75) is 25.9 Å². The zero-order valence-electron chi connectivity index (χ0n) is 13.2. The summed E-state index contributed by atoms with van der Waals surface area (Å²) in [4.78, 5) is 12.1. The quantitative estimate of drug-likeness (QED) is 0.730. The van der Waals surface area contributed by atoms with Gasteiger partial charge in [-0.05, 0) is 38.1 Å². The molecule has 5 nitrogen and oxygen atoms in total. The highest BCUT2D eigenvalue weighted by molar-refractivity contribution is 5.80. The number of carbonyl (C=O) groups is 1. The minimum absolute atomic E-state index is 0.0164. The predicted molar refractivity (Wildman–Crippen MR) is 87.9 cm³/mol. The zero-order valence-corrected chi connectivity index (χ0v) is 13.2. The van der Waals surface area contributed by atoms with E-state index >= 15 is 0 Å². The number of furan rings is 2. The first-order chi connectivity index (χ1) is 11.1. The molecule has 0 saturated carbocycles. The average Bonchev–Trinajstić information content (AvgIpc) is 3.21. The lowest BCUT2D eigenvalue weighted by Crippen LogP contribution is -2.36. The molecule has 0 aliphatic heterocycles. The van der Waals surface area contributed by atoms with Gasteiger partial charge in [-0.2, -0.15) is 0 Å². The van der Waals surface area contributed by atoms with E-state index in [4.69, 9.17) is 8.83 Å². The molecule has 0 radical (unpaired) electrons. The summed E-state index contributed by atoms with van der Waals surface area (Å²) >= 11 is 0. The summed E-state index contributed by atoms with van der Waals surface area (Å²) in [7, 11) is 0. The summed E-state index contributed by atoms with van der Waals surface area (Å²) in [6.07, 6.45) is 1.62. The number of para-hydroxylation sites is 1. The second-order valence-corrected chi connectivity index (χ2v) is 5.59. The number of rotatable bonds is 6. The van der Waals surface area contributed by atoms with Gasteiger partial charge in [-0.3, -0.25) is 10.1 Å². The third-order valence-electron chi connectivity index (χ3n) is 3.79. The Labute approximate surface area is 134 Å². The molecular weight excluding hydrogens is 292 g/mol. The number of carbonyl (C=O) groups excluding carboxylic acids is 1. The topological polar surface area (TPSA) is 67.4 Å². The van der Waals surface area contributed by atoms with E-state index in [0.29, 0.717) is 0 Å². The molecule has 2 N–H and O–H groups in total. The molecule has 23 heavy (non-hydrogen) atoms. The number of hydrogen-bond donors (Lipinski definition) is 2. The molecule has 0 fully saturated rings. The Bertz CT molecular complexity index is 744. The predicted octanol–water partition coefficient (Wildman–Crippen LogP) is 3.55. The molecular formula is C18H20N2O3. The van der Waals surface area contributed by atoms with Gasteiger partial charge >= 0.3 is 0 Å². The SMILES string of the molecule is C[C@H](NCC(=O)N[C@H](C)c1cc2ccccc2o1)c1ccco1. The van der Waals surface area contributed by atoms with Crippen molar-refractivity contribution in [1.82, 2.24) is 10.6 Å². The molecule has 3 rings (SSSR count). The summed E-state index contributed by atoms with van der Waals surface area (Å²) in [6.45, 7) is 4.08. The van der Waals surface area contributed by atoms with Gasteiger partial charge in [-0.25, -0.2) is 0 Å². The van der Waals surface area contributed by atoms with Crippen molar-refractivity contribution in [2.75, 3.05) is 6.54 Å². The molecule has 0 saturated heterocycles. The number of nitrogens with one attached hydrogen (secondary N) is 2. The first-order valence-electron chi connectivity index (χ1n) is 7.68. The van der Waals surface area contributed by atoms with Gasteiger partial charge < -0.3 is 14.2 Å². The van der Waals surface area contributed by atoms with Crippen molar-refractivity contribution in [1.29, 1.82) is 0 Å². The maximum Gasteiger partial charge on any atom is 0.234 e. The summed E-state index contributed by atoms with van der Waals surface area (Å²) in [5.41, 5.74) is 0.827. The van der Waals surface area contributed by atoms with Crippen LogP contribution in [0.5, 0.6) is 0 Å². The standard InChI is InChI=1S/C18H20N2O3/c1-12(15-8-5-9-22-15)19-11-18(21)20-13(2)17-10-14-6-3-4-7-16(14)23-17/h3-10,12-13,19H,11H2,1-2H3,(H,20,21)/t12-,13+/m0/s1. The van der Waals surface area contributed by atoms with Gasteiger partial charge in [0.15, 0.2) is 0 Å². The van der Waals surface area contributed by atoms with Crippen molar-refractivity contribution in [3.05, 3.63) is 60.2 Å². The van der Waals surface area contributed by atoms with Crippen LogP contribution < -0.4 is 10.6 Å². The highest BCUT2D eigenvalue weighted by Gasteiger charge is 2.15. The van der Waals surface area contributed by atoms with E-state index in [2.05, 4.69) is 10.6 Å². The average molecular weight is 312 g/mol. The molecule has 2 atom stereocenters. The minimum atomic E-state index is -0.185. The van der Waals surface area contributed by atoms with Crippen LogP contribution in [0.25, 0.3) is 11.0 Å². The van der Waals surface area contributed by atoms with Crippen molar-refractivity contribution < 1.29 is 13.6 Å².